The Morgan fingerprint density at radius 1 is 0.356 bits per heavy atom. The van der Waals surface area contributed by atoms with Crippen molar-refractivity contribution in [2.24, 2.45) is 0 Å². The van der Waals surface area contributed by atoms with Crippen LogP contribution in [0.5, 0.6) is 0 Å². The Balaban J connectivity index is 1.02. The molecule has 0 saturated carbocycles. The van der Waals surface area contributed by atoms with Crippen LogP contribution in [0.25, 0.3) is 99.6 Å². The summed E-state index contributed by atoms with van der Waals surface area (Å²) in [6.45, 7) is 0. The molecule has 12 aromatic rings. The minimum Gasteiger partial charge on any atom is -0.308 e. The number of imidazole rings is 1. The summed E-state index contributed by atoms with van der Waals surface area (Å²) in [7, 11) is 0. The second-order valence-corrected chi connectivity index (χ2v) is 16.2. The highest BCUT2D eigenvalue weighted by Gasteiger charge is 2.51. The maximum absolute atomic E-state index is 5.32. The summed E-state index contributed by atoms with van der Waals surface area (Å²) in [5.41, 5.74) is 20.5. The van der Waals surface area contributed by atoms with E-state index in [-0.39, 0.29) is 0 Å². The van der Waals surface area contributed by atoms with Crippen LogP contribution in [-0.2, 0) is 5.41 Å². The number of aromatic nitrogens is 3. The molecule has 0 amide bonds. The molecule has 272 valence electrons. The molecule has 0 bridgehead atoms. The topological polar surface area (TPSA) is 22.2 Å². The Hall–Kier alpha value is -7.75. The lowest BCUT2D eigenvalue weighted by Crippen LogP contribution is -2.26. The highest BCUT2D eigenvalue weighted by molar-refractivity contribution is 6.23. The molecule has 0 N–H and O–H groups in total. The van der Waals surface area contributed by atoms with Crippen molar-refractivity contribution in [2.75, 3.05) is 0 Å². The predicted molar refractivity (Wildman–Crippen MR) is 243 cm³/mol. The maximum Gasteiger partial charge on any atom is 0.145 e. The Kier molecular flexibility index (Phi) is 5.96. The molecule has 2 aliphatic rings. The van der Waals surface area contributed by atoms with E-state index in [1.165, 1.54) is 93.7 Å². The van der Waals surface area contributed by atoms with Crippen LogP contribution in [0.3, 0.4) is 0 Å². The molecule has 59 heavy (non-hydrogen) atoms. The van der Waals surface area contributed by atoms with Crippen LogP contribution >= 0.6 is 0 Å². The quantitative estimate of drug-likeness (QED) is 0.176. The van der Waals surface area contributed by atoms with Gasteiger partial charge in [-0.1, -0.05) is 146 Å². The van der Waals surface area contributed by atoms with E-state index in [0.717, 1.165) is 28.1 Å². The van der Waals surface area contributed by atoms with Gasteiger partial charge in [0.15, 0.2) is 0 Å². The molecule has 0 unspecified atom stereocenters. The zero-order valence-electron chi connectivity index (χ0n) is 31.9. The largest absolute Gasteiger partial charge is 0.308 e. The van der Waals surface area contributed by atoms with Gasteiger partial charge < -0.3 is 4.40 Å². The lowest BCUT2D eigenvalue weighted by atomic mass is 9.70. The van der Waals surface area contributed by atoms with Crippen LogP contribution in [0.4, 0.5) is 0 Å². The van der Waals surface area contributed by atoms with E-state index < -0.39 is 5.41 Å². The first-order chi connectivity index (χ1) is 29.3. The van der Waals surface area contributed by atoms with Gasteiger partial charge in [-0.05, 0) is 110 Å². The number of hydrogen-bond donors (Lipinski definition) is 0. The van der Waals surface area contributed by atoms with Crippen molar-refractivity contribution >= 4 is 49.1 Å². The van der Waals surface area contributed by atoms with Crippen molar-refractivity contribution in [3.8, 4) is 50.5 Å². The summed E-state index contributed by atoms with van der Waals surface area (Å²) in [5, 5.41) is 5.20. The highest BCUT2D eigenvalue weighted by atomic mass is 15.1. The fourth-order valence-electron chi connectivity index (χ4n) is 11.1. The van der Waals surface area contributed by atoms with E-state index in [1.807, 2.05) is 0 Å². The van der Waals surface area contributed by atoms with Crippen LogP contribution in [0, 0.1) is 0 Å². The molecule has 3 heteroatoms. The average Bonchev–Trinajstić information content (AvgIpc) is 4.09. The Labute approximate surface area is 340 Å². The highest BCUT2D eigenvalue weighted by Crippen LogP contribution is 2.63. The molecule has 0 saturated heterocycles. The van der Waals surface area contributed by atoms with Gasteiger partial charge in [-0.15, -0.1) is 0 Å². The normalized spacial score (nSPS) is 13.6. The third kappa shape index (κ3) is 3.90. The Bertz CT molecular complexity index is 3690. The van der Waals surface area contributed by atoms with Gasteiger partial charge >= 0.3 is 0 Å². The molecule has 14 rings (SSSR count). The van der Waals surface area contributed by atoms with Gasteiger partial charge in [0, 0.05) is 32.8 Å². The molecule has 3 nitrogen and oxygen atoms in total. The molecule has 1 spiro atoms. The number of rotatable bonds is 3. The third-order valence-corrected chi connectivity index (χ3v) is 13.5. The van der Waals surface area contributed by atoms with Crippen molar-refractivity contribution in [2.45, 2.75) is 5.41 Å². The van der Waals surface area contributed by atoms with Gasteiger partial charge in [-0.2, -0.15) is 0 Å². The Morgan fingerprint density at radius 2 is 0.898 bits per heavy atom. The summed E-state index contributed by atoms with van der Waals surface area (Å²) >= 11 is 0. The number of nitrogens with zero attached hydrogens (tertiary/aromatic N) is 3. The first-order valence-corrected chi connectivity index (χ1v) is 20.5. The summed E-state index contributed by atoms with van der Waals surface area (Å²) in [4.78, 5) is 5.32. The molecule has 0 atom stereocenters. The van der Waals surface area contributed by atoms with Crippen molar-refractivity contribution in [1.29, 1.82) is 0 Å². The van der Waals surface area contributed by atoms with Crippen LogP contribution in [0.15, 0.2) is 200 Å². The van der Waals surface area contributed by atoms with Crippen LogP contribution in [0.1, 0.15) is 22.3 Å². The van der Waals surface area contributed by atoms with Crippen molar-refractivity contribution in [3.05, 3.63) is 222 Å². The van der Waals surface area contributed by atoms with Gasteiger partial charge in [-0.25, -0.2) is 4.98 Å². The molecular weight excluding hydrogens is 715 g/mol. The van der Waals surface area contributed by atoms with Crippen LogP contribution in [0.2, 0.25) is 0 Å². The van der Waals surface area contributed by atoms with Crippen LogP contribution in [-0.4, -0.2) is 14.0 Å². The summed E-state index contributed by atoms with van der Waals surface area (Å²) in [5.74, 6) is 0.943. The van der Waals surface area contributed by atoms with Gasteiger partial charge in [0.1, 0.15) is 5.82 Å². The summed E-state index contributed by atoms with van der Waals surface area (Å²) in [6.07, 6.45) is 0. The fourth-order valence-corrected chi connectivity index (χ4v) is 11.1. The van der Waals surface area contributed by atoms with E-state index in [4.69, 9.17) is 4.98 Å². The zero-order valence-corrected chi connectivity index (χ0v) is 31.9. The minimum atomic E-state index is -0.507. The van der Waals surface area contributed by atoms with Crippen molar-refractivity contribution < 1.29 is 0 Å². The first kappa shape index (κ1) is 31.3. The predicted octanol–water partition coefficient (Wildman–Crippen LogP) is 13.9. The number of para-hydroxylation sites is 5. The number of fused-ring (bicyclic) bond motifs is 17. The molecule has 2 aliphatic carbocycles. The monoisotopic (exact) mass is 747 g/mol. The van der Waals surface area contributed by atoms with E-state index >= 15 is 0 Å². The van der Waals surface area contributed by atoms with E-state index in [1.54, 1.807) is 0 Å². The lowest BCUT2D eigenvalue weighted by molar-refractivity contribution is 0.794. The van der Waals surface area contributed by atoms with Gasteiger partial charge in [0.05, 0.1) is 33.0 Å². The molecule has 0 fully saturated rings. The summed E-state index contributed by atoms with van der Waals surface area (Å²) in [6, 6.07) is 74.2. The SMILES string of the molecule is c1ccc(-n2c(-c3ccc4c(c3)C3(c5ccccc5-c5ccccc53)c3cc(-c5ccc6c(c5)c5cccc7c8ccccc8n6c75)ccc3-4)nc3ccccc32)cc1. The molecule has 0 aliphatic heterocycles. The second kappa shape index (κ2) is 11.2. The van der Waals surface area contributed by atoms with Gasteiger partial charge in [0.2, 0.25) is 0 Å². The summed E-state index contributed by atoms with van der Waals surface area (Å²) < 4.78 is 4.78. The average molecular weight is 748 g/mol. The zero-order chi connectivity index (χ0) is 38.4. The van der Waals surface area contributed by atoms with Gasteiger partial charge in [0.25, 0.3) is 0 Å². The van der Waals surface area contributed by atoms with Gasteiger partial charge in [-0.3, -0.25) is 4.57 Å². The van der Waals surface area contributed by atoms with E-state index in [0.29, 0.717) is 0 Å². The third-order valence-electron chi connectivity index (χ3n) is 13.5. The van der Waals surface area contributed by atoms with E-state index in [2.05, 4.69) is 209 Å². The number of hydrogen-bond acceptors (Lipinski definition) is 1. The Morgan fingerprint density at radius 3 is 1.68 bits per heavy atom. The molecule has 0 radical (unpaired) electrons. The van der Waals surface area contributed by atoms with E-state index in [9.17, 15) is 0 Å². The van der Waals surface area contributed by atoms with Crippen molar-refractivity contribution in [1.82, 2.24) is 14.0 Å². The lowest BCUT2D eigenvalue weighted by Gasteiger charge is -2.31. The smallest absolute Gasteiger partial charge is 0.145 e. The van der Waals surface area contributed by atoms with Crippen LogP contribution < -0.4 is 0 Å². The molecular formula is C56H33N3. The molecule has 3 heterocycles. The second-order valence-electron chi connectivity index (χ2n) is 16.2. The maximum atomic E-state index is 5.32. The minimum absolute atomic E-state index is 0.507. The molecule has 3 aromatic heterocycles. The standard InChI is InChI=1S/C56H33N3/c1-2-13-37(14-3-1)58-53-24-11-9-22-50(53)57-55(58)36-26-29-41-40-28-25-35(32-48(40)56(49(41)33-36)46-20-7-4-15-38(46)39-16-5-8-21-47(39)56)34-27-30-52-45(31-34)44-19-12-18-43-42-17-6-10-23-51(42)59(52)54(43)44/h1-33H. The fraction of sp³-hybridized carbons (Fsp3) is 0.0179. The number of benzene rings is 9. The molecule has 9 aromatic carbocycles. The first-order valence-electron chi connectivity index (χ1n) is 20.5. The van der Waals surface area contributed by atoms with Crippen molar-refractivity contribution in [3.63, 3.8) is 0 Å².